The van der Waals surface area contributed by atoms with Crippen LogP contribution in [0.4, 0.5) is 0 Å². The minimum atomic E-state index is -0.0611. The van der Waals surface area contributed by atoms with Gasteiger partial charge in [0.15, 0.2) is 16.6 Å². The third kappa shape index (κ3) is 4.35. The zero-order valence-corrected chi connectivity index (χ0v) is 17.7. The fourth-order valence-electron chi connectivity index (χ4n) is 3.49. The quantitative estimate of drug-likeness (QED) is 0.395. The average Bonchev–Trinajstić information content (AvgIpc) is 2.94. The highest BCUT2D eigenvalue weighted by atomic mass is 79.9. The van der Waals surface area contributed by atoms with Crippen LogP contribution in [0.25, 0.3) is 6.08 Å². The number of halogens is 1. The molecule has 1 aromatic carbocycles. The number of thiocarbonyl (C=S) groups is 1. The number of hydrogen-bond acceptors (Lipinski definition) is 4. The van der Waals surface area contributed by atoms with Gasteiger partial charge in [0.25, 0.3) is 5.91 Å². The van der Waals surface area contributed by atoms with Crippen LogP contribution in [0.2, 0.25) is 0 Å². The molecule has 5 nitrogen and oxygen atoms in total. The molecule has 1 aliphatic heterocycles. The molecule has 3 rings (SSSR count). The fraction of sp³-hybridized carbons (Fsp3) is 0.400. The summed E-state index contributed by atoms with van der Waals surface area (Å²) in [7, 11) is 1.58. The second kappa shape index (κ2) is 8.89. The number of carbonyl (C=O) groups excluding carboxylic acids is 1. The third-order valence-corrected chi connectivity index (χ3v) is 5.65. The number of ether oxygens (including phenoxy) is 2. The van der Waals surface area contributed by atoms with Gasteiger partial charge in [-0.2, -0.15) is 0 Å². The lowest BCUT2D eigenvalue weighted by atomic mass is 9.94. The Labute approximate surface area is 173 Å². The first-order valence-electron chi connectivity index (χ1n) is 9.02. The number of methoxy groups -OCH3 is 1. The van der Waals surface area contributed by atoms with Crippen LogP contribution < -0.4 is 14.8 Å². The largest absolute Gasteiger partial charge is 0.493 e. The van der Waals surface area contributed by atoms with E-state index in [0.29, 0.717) is 28.9 Å². The monoisotopic (exact) mass is 450 g/mol. The molecule has 1 N–H and O–H groups in total. The summed E-state index contributed by atoms with van der Waals surface area (Å²) in [5.41, 5.74) is 1.30. The SMILES string of the molecule is C=CCOc1c(Br)cc(C=C2NC(=S)N(C3CCCCC3)C2=O)cc1OC. The van der Waals surface area contributed by atoms with E-state index in [0.717, 1.165) is 35.7 Å². The minimum Gasteiger partial charge on any atom is -0.493 e. The highest BCUT2D eigenvalue weighted by Crippen LogP contribution is 2.37. The first-order valence-corrected chi connectivity index (χ1v) is 10.2. The van der Waals surface area contributed by atoms with E-state index >= 15 is 0 Å². The highest BCUT2D eigenvalue weighted by molar-refractivity contribution is 9.10. The van der Waals surface area contributed by atoms with E-state index in [1.54, 1.807) is 24.2 Å². The predicted molar refractivity (Wildman–Crippen MR) is 114 cm³/mol. The Morgan fingerprint density at radius 3 is 2.78 bits per heavy atom. The number of benzene rings is 1. The van der Waals surface area contributed by atoms with Gasteiger partial charge in [-0.3, -0.25) is 9.69 Å². The zero-order valence-electron chi connectivity index (χ0n) is 15.3. The standard InChI is InChI=1S/C20H23BrN2O3S/c1-3-9-26-18-15(21)10-13(12-17(18)25-2)11-16-19(24)23(20(27)22-16)14-7-5-4-6-8-14/h3,10-12,14H,1,4-9H2,2H3,(H,22,27). The lowest BCUT2D eigenvalue weighted by Crippen LogP contribution is -2.41. The van der Waals surface area contributed by atoms with E-state index < -0.39 is 0 Å². The lowest BCUT2D eigenvalue weighted by molar-refractivity contribution is -0.124. The van der Waals surface area contributed by atoms with Crippen molar-refractivity contribution in [1.29, 1.82) is 0 Å². The summed E-state index contributed by atoms with van der Waals surface area (Å²) in [5, 5.41) is 3.57. The predicted octanol–water partition coefficient (Wildman–Crippen LogP) is 4.41. The first-order chi connectivity index (χ1) is 13.0. The van der Waals surface area contributed by atoms with Crippen LogP contribution in [0.1, 0.15) is 37.7 Å². The van der Waals surface area contributed by atoms with Gasteiger partial charge in [0.1, 0.15) is 12.3 Å². The zero-order chi connectivity index (χ0) is 19.4. The number of carbonyl (C=O) groups is 1. The van der Waals surface area contributed by atoms with Gasteiger partial charge in [-0.15, -0.1) is 0 Å². The molecule has 1 amide bonds. The molecule has 0 aromatic heterocycles. The molecule has 144 valence electrons. The molecule has 0 atom stereocenters. The molecule has 0 bridgehead atoms. The van der Waals surface area contributed by atoms with Crippen molar-refractivity contribution in [3.8, 4) is 11.5 Å². The number of nitrogens with zero attached hydrogens (tertiary/aromatic N) is 1. The van der Waals surface area contributed by atoms with Crippen molar-refractivity contribution in [1.82, 2.24) is 10.2 Å². The van der Waals surface area contributed by atoms with Gasteiger partial charge in [-0.1, -0.05) is 31.9 Å². The van der Waals surface area contributed by atoms with Crippen molar-refractivity contribution >= 4 is 45.2 Å². The molecule has 0 spiro atoms. The maximum Gasteiger partial charge on any atom is 0.276 e. The van der Waals surface area contributed by atoms with Gasteiger partial charge in [0, 0.05) is 6.04 Å². The topological polar surface area (TPSA) is 50.8 Å². The molecule has 1 aromatic rings. The van der Waals surface area contributed by atoms with E-state index in [4.69, 9.17) is 21.7 Å². The highest BCUT2D eigenvalue weighted by Gasteiger charge is 2.36. The van der Waals surface area contributed by atoms with Crippen LogP contribution in [0.15, 0.2) is 35.0 Å². The molecular weight excluding hydrogens is 428 g/mol. The maximum absolute atomic E-state index is 12.9. The Kier molecular flexibility index (Phi) is 6.55. The van der Waals surface area contributed by atoms with Crippen molar-refractivity contribution in [3.05, 3.63) is 40.5 Å². The van der Waals surface area contributed by atoms with Gasteiger partial charge in [0.05, 0.1) is 11.6 Å². The number of amides is 1. The molecule has 7 heteroatoms. The van der Waals surface area contributed by atoms with Gasteiger partial charge in [0.2, 0.25) is 0 Å². The Morgan fingerprint density at radius 2 is 2.11 bits per heavy atom. The van der Waals surface area contributed by atoms with Crippen molar-refractivity contribution in [2.75, 3.05) is 13.7 Å². The molecule has 27 heavy (non-hydrogen) atoms. The van der Waals surface area contributed by atoms with Gasteiger partial charge >= 0.3 is 0 Å². The van der Waals surface area contributed by atoms with Crippen LogP contribution in [0.5, 0.6) is 11.5 Å². The normalized spacial score (nSPS) is 19.3. The van der Waals surface area contributed by atoms with Crippen LogP contribution in [-0.4, -0.2) is 35.7 Å². The van der Waals surface area contributed by atoms with Crippen LogP contribution >= 0.6 is 28.1 Å². The fourth-order valence-corrected chi connectivity index (χ4v) is 4.41. The van der Waals surface area contributed by atoms with Crippen LogP contribution in [0, 0.1) is 0 Å². The molecule has 1 saturated carbocycles. The second-order valence-electron chi connectivity index (χ2n) is 6.59. The van der Waals surface area contributed by atoms with Gasteiger partial charge < -0.3 is 14.8 Å². The maximum atomic E-state index is 12.9. The van der Waals surface area contributed by atoms with E-state index in [1.165, 1.54) is 6.42 Å². The summed E-state index contributed by atoms with van der Waals surface area (Å²) in [5.74, 6) is 1.12. The van der Waals surface area contributed by atoms with Crippen molar-refractivity contribution in [2.45, 2.75) is 38.1 Å². The molecule has 2 fully saturated rings. The van der Waals surface area contributed by atoms with Gasteiger partial charge in [-0.05, 0) is 64.8 Å². The Morgan fingerprint density at radius 1 is 1.37 bits per heavy atom. The first kappa shape index (κ1) is 19.9. The molecule has 0 unspecified atom stereocenters. The van der Waals surface area contributed by atoms with Gasteiger partial charge in [-0.25, -0.2) is 0 Å². The summed E-state index contributed by atoms with van der Waals surface area (Å²) in [6.07, 6.45) is 9.01. The van der Waals surface area contributed by atoms with Crippen molar-refractivity contribution < 1.29 is 14.3 Å². The smallest absolute Gasteiger partial charge is 0.276 e. The van der Waals surface area contributed by atoms with E-state index in [2.05, 4.69) is 27.8 Å². The minimum absolute atomic E-state index is 0.0611. The van der Waals surface area contributed by atoms with Crippen LogP contribution in [-0.2, 0) is 4.79 Å². The molecule has 1 heterocycles. The second-order valence-corrected chi connectivity index (χ2v) is 7.83. The van der Waals surface area contributed by atoms with Crippen molar-refractivity contribution in [3.63, 3.8) is 0 Å². The van der Waals surface area contributed by atoms with E-state index in [9.17, 15) is 4.79 Å². The molecule has 1 aliphatic carbocycles. The summed E-state index contributed by atoms with van der Waals surface area (Å²) in [4.78, 5) is 14.6. The molecular formula is C20H23BrN2O3S. The Bertz CT molecular complexity index is 788. The third-order valence-electron chi connectivity index (χ3n) is 4.76. The molecule has 1 saturated heterocycles. The van der Waals surface area contributed by atoms with Crippen molar-refractivity contribution in [2.24, 2.45) is 0 Å². The number of hydrogen-bond donors (Lipinski definition) is 1. The lowest BCUT2D eigenvalue weighted by Gasteiger charge is -2.29. The Hall–Kier alpha value is -1.86. The summed E-state index contributed by atoms with van der Waals surface area (Å²) < 4.78 is 11.8. The Balaban J connectivity index is 1.85. The summed E-state index contributed by atoms with van der Waals surface area (Å²) in [6, 6.07) is 3.92. The number of nitrogens with one attached hydrogen (secondary N) is 1. The van der Waals surface area contributed by atoms with E-state index in [-0.39, 0.29) is 11.9 Å². The average molecular weight is 451 g/mol. The summed E-state index contributed by atoms with van der Waals surface area (Å²) in [6.45, 7) is 4.03. The van der Waals surface area contributed by atoms with Crippen LogP contribution in [0.3, 0.4) is 0 Å². The molecule has 0 radical (unpaired) electrons. The number of rotatable bonds is 6. The van der Waals surface area contributed by atoms with E-state index in [1.807, 2.05) is 12.1 Å². The summed E-state index contributed by atoms with van der Waals surface area (Å²) >= 11 is 8.93. The molecule has 2 aliphatic rings.